The number of rotatable bonds is 6. The number of hydrogen-bond acceptors (Lipinski definition) is 4. The summed E-state index contributed by atoms with van der Waals surface area (Å²) in [5.74, 6) is -0.0420. The van der Waals surface area contributed by atoms with E-state index in [0.717, 1.165) is 18.8 Å². The van der Waals surface area contributed by atoms with Crippen LogP contribution in [0.2, 0.25) is 0 Å². The highest BCUT2D eigenvalue weighted by atomic mass is 19.1. The Labute approximate surface area is 127 Å². The largest absolute Gasteiger partial charge is 0.322 e. The third-order valence-electron chi connectivity index (χ3n) is 4.50. The highest BCUT2D eigenvalue weighted by molar-refractivity contribution is 5.10. The molecule has 4 nitrogen and oxygen atoms in total. The molecule has 2 N–H and O–H groups in total. The number of nitrogens with zero attached hydrogens (tertiary/aromatic N) is 3. The molecule has 0 amide bonds. The van der Waals surface area contributed by atoms with E-state index in [-0.39, 0.29) is 17.8 Å². The van der Waals surface area contributed by atoms with E-state index in [1.165, 1.54) is 31.6 Å². The van der Waals surface area contributed by atoms with Gasteiger partial charge in [-0.1, -0.05) is 6.92 Å². The number of aromatic nitrogens is 1. The SMILES string of the molecule is CC(CN(C)CC1CCCN1C)C(N)c1ccc(F)cn1. The normalized spacial score (nSPS) is 22.7. The summed E-state index contributed by atoms with van der Waals surface area (Å²) in [6.45, 7) is 5.33. The van der Waals surface area contributed by atoms with Gasteiger partial charge >= 0.3 is 0 Å². The maximum Gasteiger partial charge on any atom is 0.141 e. The molecular formula is C16H27FN4. The van der Waals surface area contributed by atoms with Crippen molar-refractivity contribution in [3.05, 3.63) is 29.8 Å². The Bertz CT molecular complexity index is 436. The minimum atomic E-state index is -0.319. The quantitative estimate of drug-likeness (QED) is 0.870. The zero-order chi connectivity index (χ0) is 15.4. The summed E-state index contributed by atoms with van der Waals surface area (Å²) in [6, 6.07) is 3.60. The number of nitrogens with two attached hydrogens (primary N) is 1. The Balaban J connectivity index is 1.84. The third kappa shape index (κ3) is 4.46. The van der Waals surface area contributed by atoms with Crippen molar-refractivity contribution in [1.29, 1.82) is 0 Å². The van der Waals surface area contributed by atoms with Crippen molar-refractivity contribution < 1.29 is 4.39 Å². The molecule has 3 atom stereocenters. The van der Waals surface area contributed by atoms with Gasteiger partial charge < -0.3 is 15.5 Å². The van der Waals surface area contributed by atoms with Gasteiger partial charge in [0.1, 0.15) is 5.82 Å². The summed E-state index contributed by atoms with van der Waals surface area (Å²) in [7, 11) is 4.34. The molecule has 1 saturated heterocycles. The van der Waals surface area contributed by atoms with Crippen LogP contribution < -0.4 is 5.73 Å². The topological polar surface area (TPSA) is 45.4 Å². The zero-order valence-corrected chi connectivity index (χ0v) is 13.3. The van der Waals surface area contributed by atoms with Crippen molar-refractivity contribution in [2.24, 2.45) is 11.7 Å². The lowest BCUT2D eigenvalue weighted by Crippen LogP contribution is -2.40. The van der Waals surface area contributed by atoms with E-state index < -0.39 is 0 Å². The number of halogens is 1. The fraction of sp³-hybridized carbons (Fsp3) is 0.688. The smallest absolute Gasteiger partial charge is 0.141 e. The Morgan fingerprint density at radius 1 is 1.52 bits per heavy atom. The van der Waals surface area contributed by atoms with E-state index in [2.05, 4.69) is 35.8 Å². The summed E-state index contributed by atoms with van der Waals surface area (Å²) in [5.41, 5.74) is 7.01. The number of hydrogen-bond donors (Lipinski definition) is 1. The summed E-state index contributed by atoms with van der Waals surface area (Å²) in [5, 5.41) is 0. The monoisotopic (exact) mass is 294 g/mol. The van der Waals surface area contributed by atoms with E-state index in [0.29, 0.717) is 6.04 Å². The van der Waals surface area contributed by atoms with Gasteiger partial charge in [-0.15, -0.1) is 0 Å². The molecule has 0 aliphatic carbocycles. The van der Waals surface area contributed by atoms with Crippen LogP contribution in [0, 0.1) is 11.7 Å². The van der Waals surface area contributed by atoms with Gasteiger partial charge in [-0.3, -0.25) is 4.98 Å². The third-order valence-corrected chi connectivity index (χ3v) is 4.50. The first-order valence-electron chi connectivity index (χ1n) is 7.73. The van der Waals surface area contributed by atoms with Crippen molar-refractivity contribution in [2.45, 2.75) is 31.8 Å². The first kappa shape index (κ1) is 16.3. The first-order chi connectivity index (χ1) is 9.97. The molecule has 118 valence electrons. The molecule has 1 fully saturated rings. The lowest BCUT2D eigenvalue weighted by atomic mass is 9.98. The summed E-state index contributed by atoms with van der Waals surface area (Å²) in [6.07, 6.45) is 3.81. The molecular weight excluding hydrogens is 267 g/mol. The molecule has 2 heterocycles. The Morgan fingerprint density at radius 2 is 2.29 bits per heavy atom. The minimum absolute atomic E-state index is 0.158. The maximum absolute atomic E-state index is 12.9. The predicted octanol–water partition coefficient (Wildman–Crippen LogP) is 1.88. The molecule has 0 saturated carbocycles. The molecule has 0 aromatic carbocycles. The van der Waals surface area contributed by atoms with Gasteiger partial charge in [0, 0.05) is 19.1 Å². The summed E-state index contributed by atoms with van der Waals surface area (Å²) in [4.78, 5) is 8.88. The van der Waals surface area contributed by atoms with Crippen LogP contribution >= 0.6 is 0 Å². The fourth-order valence-corrected chi connectivity index (χ4v) is 3.13. The average Bonchev–Trinajstić information content (AvgIpc) is 2.84. The van der Waals surface area contributed by atoms with Crippen LogP contribution in [0.25, 0.3) is 0 Å². The lowest BCUT2D eigenvalue weighted by Gasteiger charge is -2.29. The summed E-state index contributed by atoms with van der Waals surface area (Å²) >= 11 is 0. The molecule has 5 heteroatoms. The van der Waals surface area contributed by atoms with Crippen LogP contribution in [0.3, 0.4) is 0 Å². The van der Waals surface area contributed by atoms with Crippen molar-refractivity contribution in [3.8, 4) is 0 Å². The number of likely N-dealkylation sites (N-methyl/N-ethyl adjacent to an activating group) is 2. The second-order valence-electron chi connectivity index (χ2n) is 6.40. The number of likely N-dealkylation sites (tertiary alicyclic amines) is 1. The second kappa shape index (κ2) is 7.29. The molecule has 1 aromatic rings. The van der Waals surface area contributed by atoms with E-state index >= 15 is 0 Å². The molecule has 2 rings (SSSR count). The highest BCUT2D eigenvalue weighted by Gasteiger charge is 2.24. The van der Waals surface area contributed by atoms with Crippen LogP contribution in [0.4, 0.5) is 4.39 Å². The number of pyridine rings is 1. The molecule has 0 bridgehead atoms. The molecule has 3 unspecified atom stereocenters. The Morgan fingerprint density at radius 3 is 2.86 bits per heavy atom. The molecule has 1 aromatic heterocycles. The van der Waals surface area contributed by atoms with E-state index in [1.807, 2.05) is 0 Å². The zero-order valence-electron chi connectivity index (χ0n) is 13.3. The van der Waals surface area contributed by atoms with Gasteiger partial charge in [-0.2, -0.15) is 0 Å². The van der Waals surface area contributed by atoms with Gasteiger partial charge in [-0.25, -0.2) is 4.39 Å². The van der Waals surface area contributed by atoms with Gasteiger partial charge in [0.2, 0.25) is 0 Å². The molecule has 21 heavy (non-hydrogen) atoms. The lowest BCUT2D eigenvalue weighted by molar-refractivity contribution is 0.194. The van der Waals surface area contributed by atoms with Gasteiger partial charge in [-0.05, 0) is 51.5 Å². The van der Waals surface area contributed by atoms with Crippen LogP contribution in [0.15, 0.2) is 18.3 Å². The van der Waals surface area contributed by atoms with Crippen LogP contribution in [0.5, 0.6) is 0 Å². The van der Waals surface area contributed by atoms with Gasteiger partial charge in [0.05, 0.1) is 17.9 Å². The summed E-state index contributed by atoms with van der Waals surface area (Å²) < 4.78 is 12.9. The van der Waals surface area contributed by atoms with E-state index in [9.17, 15) is 4.39 Å². The van der Waals surface area contributed by atoms with Crippen molar-refractivity contribution in [3.63, 3.8) is 0 Å². The Kier molecular flexibility index (Phi) is 5.67. The van der Waals surface area contributed by atoms with Crippen molar-refractivity contribution in [1.82, 2.24) is 14.8 Å². The van der Waals surface area contributed by atoms with Gasteiger partial charge in [0.15, 0.2) is 0 Å². The average molecular weight is 294 g/mol. The van der Waals surface area contributed by atoms with Crippen LogP contribution in [0.1, 0.15) is 31.5 Å². The van der Waals surface area contributed by atoms with Gasteiger partial charge in [0.25, 0.3) is 0 Å². The predicted molar refractivity (Wildman–Crippen MR) is 83.4 cm³/mol. The molecule has 1 aliphatic rings. The van der Waals surface area contributed by atoms with Crippen LogP contribution in [-0.4, -0.2) is 54.6 Å². The maximum atomic E-state index is 12.9. The second-order valence-corrected chi connectivity index (χ2v) is 6.40. The molecule has 1 aliphatic heterocycles. The fourth-order valence-electron chi connectivity index (χ4n) is 3.13. The molecule has 0 radical (unpaired) electrons. The highest BCUT2D eigenvalue weighted by Crippen LogP contribution is 2.20. The van der Waals surface area contributed by atoms with E-state index in [1.54, 1.807) is 6.07 Å². The van der Waals surface area contributed by atoms with Crippen molar-refractivity contribution in [2.75, 3.05) is 33.7 Å². The minimum Gasteiger partial charge on any atom is -0.322 e. The van der Waals surface area contributed by atoms with Crippen molar-refractivity contribution >= 4 is 0 Å². The van der Waals surface area contributed by atoms with E-state index in [4.69, 9.17) is 5.73 Å². The molecule has 0 spiro atoms. The standard InChI is InChI=1S/C16H27FN4/c1-12(16(18)15-7-6-13(17)9-19-15)10-20(2)11-14-5-4-8-21(14)3/h6-7,9,12,14,16H,4-5,8,10-11,18H2,1-3H3. The Hall–Kier alpha value is -1.04. The van der Waals surface area contributed by atoms with Crippen LogP contribution in [-0.2, 0) is 0 Å². The first-order valence-corrected chi connectivity index (χ1v) is 7.73.